The molecule has 0 bridgehead atoms. The number of benzene rings is 1. The van der Waals surface area contributed by atoms with Crippen molar-refractivity contribution in [1.29, 1.82) is 0 Å². The van der Waals surface area contributed by atoms with Crippen LogP contribution in [0.1, 0.15) is 44.2 Å². The van der Waals surface area contributed by atoms with Crippen LogP contribution in [0.4, 0.5) is 0 Å². The van der Waals surface area contributed by atoms with Gasteiger partial charge in [-0.25, -0.2) is 0 Å². The van der Waals surface area contributed by atoms with Crippen LogP contribution in [0.3, 0.4) is 0 Å². The van der Waals surface area contributed by atoms with Crippen LogP contribution in [0.2, 0.25) is 0 Å². The van der Waals surface area contributed by atoms with Crippen LogP contribution in [-0.4, -0.2) is 18.0 Å². The molecule has 1 saturated carbocycles. The predicted molar refractivity (Wildman–Crippen MR) is 80.3 cm³/mol. The molecule has 1 fully saturated rings. The molecule has 2 N–H and O–H groups in total. The topological polar surface area (TPSA) is 41.1 Å². The van der Waals surface area contributed by atoms with Gasteiger partial charge in [-0.1, -0.05) is 38.1 Å². The first-order chi connectivity index (χ1) is 9.53. The summed E-state index contributed by atoms with van der Waals surface area (Å²) in [5.74, 6) is 0.169. The first-order valence-electron chi connectivity index (χ1n) is 7.64. The summed E-state index contributed by atoms with van der Waals surface area (Å²) >= 11 is 0. The normalized spacial score (nSPS) is 27.9. The molecule has 1 aromatic carbocycles. The molecule has 3 heteroatoms. The third kappa shape index (κ3) is 2.88. The lowest BCUT2D eigenvalue weighted by atomic mass is 9.91. The van der Waals surface area contributed by atoms with Crippen LogP contribution >= 0.6 is 0 Å². The predicted octanol–water partition coefficient (Wildman–Crippen LogP) is 2.40. The SMILES string of the molecule is CC1(C)CCC(NC(=O)[C@@H]2Cc3ccccc3CN2)C1. The minimum atomic E-state index is -0.0754. The molecule has 3 rings (SSSR count). The second-order valence-corrected chi connectivity index (χ2v) is 7.02. The molecule has 0 saturated heterocycles. The lowest BCUT2D eigenvalue weighted by Gasteiger charge is -2.27. The van der Waals surface area contributed by atoms with Gasteiger partial charge >= 0.3 is 0 Å². The Bertz CT molecular complexity index is 509. The Kier molecular flexibility index (Phi) is 3.55. The highest BCUT2D eigenvalue weighted by Gasteiger charge is 2.33. The highest BCUT2D eigenvalue weighted by Crippen LogP contribution is 2.36. The largest absolute Gasteiger partial charge is 0.352 e. The van der Waals surface area contributed by atoms with Crippen molar-refractivity contribution in [2.45, 2.75) is 58.2 Å². The van der Waals surface area contributed by atoms with Crippen LogP contribution < -0.4 is 10.6 Å². The molecular weight excluding hydrogens is 248 g/mol. The Morgan fingerprint density at radius 1 is 1.30 bits per heavy atom. The lowest BCUT2D eigenvalue weighted by molar-refractivity contribution is -0.124. The monoisotopic (exact) mass is 272 g/mol. The molecule has 0 aromatic heterocycles. The third-order valence-corrected chi connectivity index (χ3v) is 4.71. The lowest BCUT2D eigenvalue weighted by Crippen LogP contribution is -2.50. The number of fused-ring (bicyclic) bond motifs is 1. The quantitative estimate of drug-likeness (QED) is 0.868. The summed E-state index contributed by atoms with van der Waals surface area (Å²) in [6.07, 6.45) is 4.22. The summed E-state index contributed by atoms with van der Waals surface area (Å²) in [7, 11) is 0. The van der Waals surface area contributed by atoms with E-state index in [-0.39, 0.29) is 11.9 Å². The molecule has 1 unspecified atom stereocenters. The van der Waals surface area contributed by atoms with E-state index in [0.717, 1.165) is 25.8 Å². The highest BCUT2D eigenvalue weighted by atomic mass is 16.2. The van der Waals surface area contributed by atoms with Crippen LogP contribution in [-0.2, 0) is 17.8 Å². The minimum absolute atomic E-state index is 0.0754. The Morgan fingerprint density at radius 2 is 2.05 bits per heavy atom. The Hall–Kier alpha value is -1.35. The van der Waals surface area contributed by atoms with Crippen molar-refractivity contribution in [1.82, 2.24) is 10.6 Å². The van der Waals surface area contributed by atoms with Gasteiger partial charge in [-0.05, 0) is 42.2 Å². The zero-order valence-corrected chi connectivity index (χ0v) is 12.4. The Morgan fingerprint density at radius 3 is 2.75 bits per heavy atom. The number of carbonyl (C=O) groups is 1. The van der Waals surface area contributed by atoms with E-state index >= 15 is 0 Å². The molecule has 1 aromatic rings. The van der Waals surface area contributed by atoms with E-state index in [1.54, 1.807) is 0 Å². The summed E-state index contributed by atoms with van der Waals surface area (Å²) in [5.41, 5.74) is 3.00. The van der Waals surface area contributed by atoms with E-state index in [1.165, 1.54) is 17.5 Å². The molecule has 1 heterocycles. The molecule has 0 spiro atoms. The van der Waals surface area contributed by atoms with Gasteiger partial charge in [0.1, 0.15) is 0 Å². The molecular formula is C17H24N2O. The van der Waals surface area contributed by atoms with Crippen molar-refractivity contribution in [3.05, 3.63) is 35.4 Å². The number of hydrogen-bond donors (Lipinski definition) is 2. The van der Waals surface area contributed by atoms with Crippen molar-refractivity contribution in [2.24, 2.45) is 5.41 Å². The smallest absolute Gasteiger partial charge is 0.237 e. The zero-order valence-electron chi connectivity index (χ0n) is 12.4. The standard InChI is InChI=1S/C17H24N2O/c1-17(2)8-7-14(10-17)19-16(20)15-9-12-5-3-4-6-13(12)11-18-15/h3-6,14-15,18H,7-11H2,1-2H3,(H,19,20)/t14?,15-/m0/s1. The van der Waals surface area contributed by atoms with Gasteiger partial charge in [-0.2, -0.15) is 0 Å². The van der Waals surface area contributed by atoms with Gasteiger partial charge in [0.2, 0.25) is 5.91 Å². The number of hydrogen-bond acceptors (Lipinski definition) is 2. The van der Waals surface area contributed by atoms with Crippen LogP contribution in [0, 0.1) is 5.41 Å². The van der Waals surface area contributed by atoms with Gasteiger partial charge < -0.3 is 10.6 Å². The highest BCUT2D eigenvalue weighted by molar-refractivity contribution is 5.82. The first-order valence-corrected chi connectivity index (χ1v) is 7.64. The van der Waals surface area contributed by atoms with E-state index in [0.29, 0.717) is 11.5 Å². The molecule has 1 aliphatic heterocycles. The summed E-state index contributed by atoms with van der Waals surface area (Å²) in [6.45, 7) is 5.37. The molecule has 2 aliphatic rings. The first kappa shape index (κ1) is 13.6. The van der Waals surface area contributed by atoms with Gasteiger partial charge in [-0.15, -0.1) is 0 Å². The fourth-order valence-electron chi connectivity index (χ4n) is 3.50. The van der Waals surface area contributed by atoms with Gasteiger partial charge in [0.15, 0.2) is 0 Å². The Balaban J connectivity index is 1.59. The van der Waals surface area contributed by atoms with E-state index < -0.39 is 0 Å². The second kappa shape index (κ2) is 5.21. The number of amides is 1. The fraction of sp³-hybridized carbons (Fsp3) is 0.588. The zero-order chi connectivity index (χ0) is 14.2. The van der Waals surface area contributed by atoms with Crippen molar-refractivity contribution >= 4 is 5.91 Å². The molecule has 1 aliphatic carbocycles. The molecule has 108 valence electrons. The number of rotatable bonds is 2. The van der Waals surface area contributed by atoms with E-state index in [4.69, 9.17) is 0 Å². The van der Waals surface area contributed by atoms with E-state index in [2.05, 4.69) is 48.7 Å². The van der Waals surface area contributed by atoms with Gasteiger partial charge in [-0.3, -0.25) is 4.79 Å². The van der Waals surface area contributed by atoms with Crippen LogP contribution in [0.5, 0.6) is 0 Å². The molecule has 2 atom stereocenters. The summed E-state index contributed by atoms with van der Waals surface area (Å²) in [6, 6.07) is 8.66. The maximum absolute atomic E-state index is 12.4. The summed E-state index contributed by atoms with van der Waals surface area (Å²) in [5, 5.41) is 6.59. The van der Waals surface area contributed by atoms with Crippen LogP contribution in [0.25, 0.3) is 0 Å². The van der Waals surface area contributed by atoms with Crippen molar-refractivity contribution in [3.8, 4) is 0 Å². The number of carbonyl (C=O) groups excluding carboxylic acids is 1. The van der Waals surface area contributed by atoms with Crippen molar-refractivity contribution in [3.63, 3.8) is 0 Å². The third-order valence-electron chi connectivity index (χ3n) is 4.71. The van der Waals surface area contributed by atoms with E-state index in [9.17, 15) is 4.79 Å². The molecule has 1 amide bonds. The van der Waals surface area contributed by atoms with E-state index in [1.807, 2.05) is 0 Å². The minimum Gasteiger partial charge on any atom is -0.352 e. The van der Waals surface area contributed by atoms with Crippen molar-refractivity contribution < 1.29 is 4.79 Å². The molecule has 0 radical (unpaired) electrons. The maximum Gasteiger partial charge on any atom is 0.237 e. The molecule has 3 nitrogen and oxygen atoms in total. The van der Waals surface area contributed by atoms with Gasteiger partial charge in [0, 0.05) is 12.6 Å². The Labute approximate surface area is 121 Å². The maximum atomic E-state index is 12.4. The molecule has 20 heavy (non-hydrogen) atoms. The number of nitrogens with one attached hydrogen (secondary N) is 2. The van der Waals surface area contributed by atoms with Crippen molar-refractivity contribution in [2.75, 3.05) is 0 Å². The average Bonchev–Trinajstić information content (AvgIpc) is 2.77. The average molecular weight is 272 g/mol. The summed E-state index contributed by atoms with van der Waals surface area (Å²) in [4.78, 5) is 12.4. The second-order valence-electron chi connectivity index (χ2n) is 7.02. The fourth-order valence-corrected chi connectivity index (χ4v) is 3.50. The summed E-state index contributed by atoms with van der Waals surface area (Å²) < 4.78 is 0. The van der Waals surface area contributed by atoms with Gasteiger partial charge in [0.05, 0.1) is 6.04 Å². The van der Waals surface area contributed by atoms with Crippen LogP contribution in [0.15, 0.2) is 24.3 Å². The van der Waals surface area contributed by atoms with Gasteiger partial charge in [0.25, 0.3) is 0 Å².